The zero-order valence-electron chi connectivity index (χ0n) is 16.4. The van der Waals surface area contributed by atoms with Crippen molar-refractivity contribution in [3.63, 3.8) is 0 Å². The molecule has 0 saturated carbocycles. The standard InChI is InChI=1S/C23H23N3O3/c1-3-6-17(12-19(4-2)26-23(28)22-7-5-10-29-22)21-13-18(8-9-24-21)20-11-16(15-27)14-25-20/h5-15,25H,3-4H2,1-2H3,(H,26,28)/b17-6+,19-12+. The van der Waals surface area contributed by atoms with Crippen molar-refractivity contribution >= 4 is 17.8 Å². The molecule has 0 aliphatic rings. The number of aldehydes is 1. The fourth-order valence-corrected chi connectivity index (χ4v) is 2.89. The van der Waals surface area contributed by atoms with E-state index in [4.69, 9.17) is 4.42 Å². The Morgan fingerprint density at radius 2 is 2.14 bits per heavy atom. The van der Waals surface area contributed by atoms with Gasteiger partial charge in [-0.05, 0) is 54.8 Å². The third-order valence-electron chi connectivity index (χ3n) is 4.36. The molecule has 3 rings (SSSR count). The van der Waals surface area contributed by atoms with Crippen molar-refractivity contribution < 1.29 is 14.0 Å². The summed E-state index contributed by atoms with van der Waals surface area (Å²) in [6.07, 6.45) is 11.1. The Labute approximate surface area is 169 Å². The zero-order chi connectivity index (χ0) is 20.6. The smallest absolute Gasteiger partial charge is 0.291 e. The minimum Gasteiger partial charge on any atom is -0.459 e. The molecule has 0 aliphatic carbocycles. The topological polar surface area (TPSA) is 88.0 Å². The number of aromatic amines is 1. The number of hydrogen-bond donors (Lipinski definition) is 2. The van der Waals surface area contributed by atoms with E-state index in [0.29, 0.717) is 12.0 Å². The minimum atomic E-state index is -0.284. The summed E-state index contributed by atoms with van der Waals surface area (Å²) < 4.78 is 5.16. The molecule has 0 bridgehead atoms. The van der Waals surface area contributed by atoms with Crippen LogP contribution < -0.4 is 5.32 Å². The lowest BCUT2D eigenvalue weighted by Gasteiger charge is -2.10. The van der Waals surface area contributed by atoms with Crippen LogP contribution in [0.4, 0.5) is 0 Å². The van der Waals surface area contributed by atoms with Gasteiger partial charge in [0.15, 0.2) is 12.0 Å². The van der Waals surface area contributed by atoms with Crippen LogP contribution in [0.5, 0.6) is 0 Å². The molecular weight excluding hydrogens is 366 g/mol. The first-order valence-corrected chi connectivity index (χ1v) is 9.50. The van der Waals surface area contributed by atoms with Gasteiger partial charge in [0.1, 0.15) is 0 Å². The molecular formula is C23H23N3O3. The van der Waals surface area contributed by atoms with Gasteiger partial charge in [-0.2, -0.15) is 0 Å². The Kier molecular flexibility index (Phi) is 6.58. The van der Waals surface area contributed by atoms with Gasteiger partial charge in [-0.3, -0.25) is 14.6 Å². The highest BCUT2D eigenvalue weighted by Gasteiger charge is 2.11. The largest absolute Gasteiger partial charge is 0.459 e. The zero-order valence-corrected chi connectivity index (χ0v) is 16.4. The molecule has 2 N–H and O–H groups in total. The number of hydrogen-bond acceptors (Lipinski definition) is 4. The number of nitrogens with one attached hydrogen (secondary N) is 2. The van der Waals surface area contributed by atoms with Crippen molar-refractivity contribution in [1.29, 1.82) is 0 Å². The Bertz CT molecular complexity index is 1040. The highest BCUT2D eigenvalue weighted by molar-refractivity contribution is 5.93. The summed E-state index contributed by atoms with van der Waals surface area (Å²) in [5.74, 6) is -0.0170. The van der Waals surface area contributed by atoms with E-state index in [1.54, 1.807) is 30.6 Å². The summed E-state index contributed by atoms with van der Waals surface area (Å²) in [5.41, 5.74) is 4.82. The van der Waals surface area contributed by atoms with Crippen LogP contribution in [0.15, 0.2) is 71.3 Å². The van der Waals surface area contributed by atoms with Crippen LogP contribution >= 0.6 is 0 Å². The van der Waals surface area contributed by atoms with E-state index in [1.807, 2.05) is 32.1 Å². The van der Waals surface area contributed by atoms with E-state index >= 15 is 0 Å². The van der Waals surface area contributed by atoms with E-state index in [0.717, 1.165) is 40.9 Å². The number of pyridine rings is 1. The van der Waals surface area contributed by atoms with Gasteiger partial charge < -0.3 is 14.7 Å². The average Bonchev–Trinajstić information content (AvgIpc) is 3.45. The highest BCUT2D eigenvalue weighted by atomic mass is 16.3. The lowest BCUT2D eigenvalue weighted by atomic mass is 10.0. The van der Waals surface area contributed by atoms with Crippen LogP contribution in [-0.4, -0.2) is 22.2 Å². The maximum Gasteiger partial charge on any atom is 0.291 e. The molecule has 0 aliphatic heterocycles. The fraction of sp³-hybridized carbons (Fsp3) is 0.174. The number of furan rings is 1. The fourth-order valence-electron chi connectivity index (χ4n) is 2.89. The first kappa shape index (κ1) is 20.1. The van der Waals surface area contributed by atoms with Gasteiger partial charge >= 0.3 is 0 Å². The molecule has 0 radical (unpaired) electrons. The van der Waals surface area contributed by atoms with Gasteiger partial charge in [-0.25, -0.2) is 0 Å². The van der Waals surface area contributed by atoms with Crippen molar-refractivity contribution in [3.8, 4) is 11.3 Å². The molecule has 0 unspecified atom stereocenters. The summed E-state index contributed by atoms with van der Waals surface area (Å²) in [5, 5.41) is 2.90. The monoisotopic (exact) mass is 389 g/mol. The molecule has 0 aromatic carbocycles. The quantitative estimate of drug-likeness (QED) is 0.419. The van der Waals surface area contributed by atoms with Gasteiger partial charge in [-0.1, -0.05) is 19.9 Å². The number of H-pyrrole nitrogens is 1. The number of allylic oxidation sites excluding steroid dienone is 4. The second-order valence-electron chi connectivity index (χ2n) is 6.42. The number of amides is 1. The van der Waals surface area contributed by atoms with Crippen molar-refractivity contribution in [2.45, 2.75) is 26.7 Å². The third-order valence-corrected chi connectivity index (χ3v) is 4.36. The number of nitrogens with zero attached hydrogens (tertiary/aromatic N) is 1. The average molecular weight is 389 g/mol. The Morgan fingerprint density at radius 1 is 1.28 bits per heavy atom. The summed E-state index contributed by atoms with van der Waals surface area (Å²) in [6.45, 7) is 4.02. The molecule has 3 heterocycles. The normalized spacial score (nSPS) is 12.1. The highest BCUT2D eigenvalue weighted by Crippen LogP contribution is 2.24. The van der Waals surface area contributed by atoms with E-state index in [1.165, 1.54) is 6.26 Å². The molecule has 3 aromatic rings. The first-order valence-electron chi connectivity index (χ1n) is 9.50. The number of carbonyl (C=O) groups excluding carboxylic acids is 2. The minimum absolute atomic E-state index is 0.267. The summed E-state index contributed by atoms with van der Waals surface area (Å²) in [6, 6.07) is 8.95. The van der Waals surface area contributed by atoms with E-state index in [2.05, 4.69) is 21.4 Å². The van der Waals surface area contributed by atoms with Gasteiger partial charge in [-0.15, -0.1) is 0 Å². The second kappa shape index (κ2) is 9.50. The predicted octanol–water partition coefficient (Wildman–Crippen LogP) is 5.00. The van der Waals surface area contributed by atoms with E-state index in [9.17, 15) is 9.59 Å². The van der Waals surface area contributed by atoms with Crippen LogP contribution in [0.25, 0.3) is 16.8 Å². The summed E-state index contributed by atoms with van der Waals surface area (Å²) in [7, 11) is 0. The van der Waals surface area contributed by atoms with Crippen LogP contribution in [0.3, 0.4) is 0 Å². The molecule has 148 valence electrons. The van der Waals surface area contributed by atoms with E-state index < -0.39 is 0 Å². The van der Waals surface area contributed by atoms with E-state index in [-0.39, 0.29) is 11.7 Å². The van der Waals surface area contributed by atoms with Crippen LogP contribution in [0, 0.1) is 0 Å². The Hall–Kier alpha value is -3.67. The molecule has 0 saturated heterocycles. The van der Waals surface area contributed by atoms with Crippen LogP contribution in [0.2, 0.25) is 0 Å². The molecule has 0 fully saturated rings. The number of rotatable bonds is 8. The number of carbonyl (C=O) groups is 2. The van der Waals surface area contributed by atoms with Crippen molar-refractivity contribution in [2.24, 2.45) is 0 Å². The van der Waals surface area contributed by atoms with Crippen molar-refractivity contribution in [2.75, 3.05) is 0 Å². The third kappa shape index (κ3) is 4.99. The molecule has 1 amide bonds. The maximum absolute atomic E-state index is 12.3. The van der Waals surface area contributed by atoms with Gasteiger partial charge in [0.05, 0.1) is 12.0 Å². The van der Waals surface area contributed by atoms with Crippen LogP contribution in [-0.2, 0) is 0 Å². The lowest BCUT2D eigenvalue weighted by molar-refractivity contribution is 0.0937. The molecule has 3 aromatic heterocycles. The predicted molar refractivity (Wildman–Crippen MR) is 112 cm³/mol. The van der Waals surface area contributed by atoms with Gasteiger partial charge in [0.25, 0.3) is 5.91 Å². The van der Waals surface area contributed by atoms with Gasteiger partial charge in [0.2, 0.25) is 0 Å². The summed E-state index contributed by atoms with van der Waals surface area (Å²) in [4.78, 5) is 30.9. The lowest BCUT2D eigenvalue weighted by Crippen LogP contribution is -2.22. The maximum atomic E-state index is 12.3. The molecule has 6 nitrogen and oxygen atoms in total. The Balaban J connectivity index is 1.89. The van der Waals surface area contributed by atoms with Crippen LogP contribution in [0.1, 0.15) is 53.3 Å². The van der Waals surface area contributed by atoms with Crippen molar-refractivity contribution in [1.82, 2.24) is 15.3 Å². The Morgan fingerprint density at radius 3 is 2.79 bits per heavy atom. The number of aromatic nitrogens is 2. The summed E-state index contributed by atoms with van der Waals surface area (Å²) >= 11 is 0. The molecule has 0 spiro atoms. The SMILES string of the molecule is CC/C=C(\C=C(/CC)NC(=O)c1ccco1)c1cc(-c2cc(C=O)c[nH]2)ccn1. The molecule has 29 heavy (non-hydrogen) atoms. The van der Waals surface area contributed by atoms with Gasteiger partial charge in [0, 0.05) is 34.9 Å². The molecule has 0 atom stereocenters. The first-order chi connectivity index (χ1) is 14.1. The molecule has 6 heteroatoms. The second-order valence-corrected chi connectivity index (χ2v) is 6.42. The van der Waals surface area contributed by atoms with Crippen molar-refractivity contribution in [3.05, 3.63) is 83.9 Å².